The average molecular weight is 365 g/mol. The smallest absolute Gasteiger partial charge is 0.363 e. The fourth-order valence-corrected chi connectivity index (χ4v) is 2.97. The number of Topliss-reactive ketones (excluding diaryl/α,β-unsaturated/α-hetero) is 1. The number of ketones is 1. The molecule has 2 amide bonds. The van der Waals surface area contributed by atoms with Crippen molar-refractivity contribution in [2.24, 2.45) is 5.92 Å². The molecule has 0 bridgehead atoms. The van der Waals surface area contributed by atoms with Gasteiger partial charge in [0.1, 0.15) is 5.92 Å². The minimum atomic E-state index is -5.28. The highest BCUT2D eigenvalue weighted by atomic mass is 19.4. The molecule has 3 rings (SSSR count). The number of carbonyl (C=O) groups excluding carboxylic acids is 2. The first-order valence-corrected chi connectivity index (χ1v) is 7.61. The molecule has 0 radical (unpaired) electrons. The topological polar surface area (TPSA) is 91.3 Å². The lowest BCUT2D eigenvalue weighted by molar-refractivity contribution is -0.287. The van der Waals surface area contributed by atoms with Crippen LogP contribution >= 0.6 is 0 Å². The summed E-state index contributed by atoms with van der Waals surface area (Å²) in [7, 11) is 0. The zero-order valence-corrected chi connectivity index (χ0v) is 13.2. The summed E-state index contributed by atoms with van der Waals surface area (Å²) >= 11 is 0. The fourth-order valence-electron chi connectivity index (χ4n) is 2.97. The lowest BCUT2D eigenvalue weighted by Gasteiger charge is -2.45. The van der Waals surface area contributed by atoms with Crippen LogP contribution in [0.4, 0.5) is 18.0 Å². The molecule has 0 aliphatic carbocycles. The lowest BCUT2D eigenvalue weighted by atomic mass is 9.77. The summed E-state index contributed by atoms with van der Waals surface area (Å²) in [6.45, 7) is 0. The van der Waals surface area contributed by atoms with Gasteiger partial charge >= 0.3 is 12.2 Å². The van der Waals surface area contributed by atoms with Crippen LogP contribution in [0.5, 0.6) is 0 Å². The van der Waals surface area contributed by atoms with E-state index in [1.54, 1.807) is 18.2 Å². The molecule has 1 aromatic carbocycles. The molecular formula is C17H14F3N3O3. The molecule has 1 saturated heterocycles. The van der Waals surface area contributed by atoms with Crippen LogP contribution in [0.25, 0.3) is 0 Å². The monoisotopic (exact) mass is 365 g/mol. The van der Waals surface area contributed by atoms with Gasteiger partial charge in [-0.05, 0) is 17.7 Å². The molecule has 1 aliphatic heterocycles. The maximum absolute atomic E-state index is 13.7. The number of halogens is 3. The molecule has 6 nitrogen and oxygen atoms in total. The van der Waals surface area contributed by atoms with Crippen LogP contribution in [0.2, 0.25) is 0 Å². The Bertz CT molecular complexity index is 814. The Labute approximate surface area is 146 Å². The summed E-state index contributed by atoms with van der Waals surface area (Å²) in [4.78, 5) is 28.4. The van der Waals surface area contributed by atoms with Gasteiger partial charge in [0, 0.05) is 18.0 Å². The van der Waals surface area contributed by atoms with Gasteiger partial charge in [0.25, 0.3) is 0 Å². The third-order valence-corrected chi connectivity index (χ3v) is 4.19. The molecule has 2 heterocycles. The summed E-state index contributed by atoms with van der Waals surface area (Å²) in [5.41, 5.74) is -3.59. The minimum absolute atomic E-state index is 0.112. The zero-order valence-electron chi connectivity index (χ0n) is 13.2. The normalized spacial score (nSPS) is 25.9. The van der Waals surface area contributed by atoms with E-state index in [-0.39, 0.29) is 11.1 Å². The summed E-state index contributed by atoms with van der Waals surface area (Å²) in [6, 6.07) is 7.77. The molecule has 136 valence electrons. The van der Waals surface area contributed by atoms with Crippen molar-refractivity contribution < 1.29 is 27.9 Å². The number of rotatable bonds is 3. The average Bonchev–Trinajstić information content (AvgIpc) is 2.61. The maximum Gasteiger partial charge on any atom is 0.437 e. The van der Waals surface area contributed by atoms with E-state index in [1.165, 1.54) is 35.8 Å². The molecular weight excluding hydrogens is 351 g/mol. The predicted molar refractivity (Wildman–Crippen MR) is 83.9 cm³/mol. The third-order valence-electron chi connectivity index (χ3n) is 4.19. The van der Waals surface area contributed by atoms with Gasteiger partial charge in [0.2, 0.25) is 5.72 Å². The van der Waals surface area contributed by atoms with E-state index in [9.17, 15) is 27.9 Å². The summed E-state index contributed by atoms with van der Waals surface area (Å²) in [5.74, 6) is -3.05. The Kier molecular flexibility index (Phi) is 4.41. The first kappa shape index (κ1) is 17.9. The number of hydrogen-bond donors (Lipinski definition) is 3. The summed E-state index contributed by atoms with van der Waals surface area (Å²) < 4.78 is 41.0. The lowest BCUT2D eigenvalue weighted by Crippen LogP contribution is -2.72. The second kappa shape index (κ2) is 6.41. The number of amides is 2. The van der Waals surface area contributed by atoms with Gasteiger partial charge in [-0.25, -0.2) is 4.79 Å². The quantitative estimate of drug-likeness (QED) is 0.727. The highest BCUT2D eigenvalue weighted by molar-refractivity contribution is 6.00. The molecule has 3 N–H and O–H groups in total. The number of benzene rings is 1. The number of nitrogens with zero attached hydrogens (tertiary/aromatic N) is 1. The molecule has 26 heavy (non-hydrogen) atoms. The van der Waals surface area contributed by atoms with Crippen molar-refractivity contribution >= 4 is 11.8 Å². The number of pyridine rings is 1. The predicted octanol–water partition coefficient (Wildman–Crippen LogP) is 2.19. The van der Waals surface area contributed by atoms with Crippen LogP contribution in [-0.2, 0) is 0 Å². The van der Waals surface area contributed by atoms with E-state index < -0.39 is 35.7 Å². The van der Waals surface area contributed by atoms with Crippen molar-refractivity contribution in [3.63, 3.8) is 0 Å². The number of alkyl halides is 3. The second-order valence-electron chi connectivity index (χ2n) is 5.83. The van der Waals surface area contributed by atoms with Gasteiger partial charge in [0.05, 0.1) is 6.04 Å². The summed E-state index contributed by atoms with van der Waals surface area (Å²) in [6.07, 6.45) is -2.81. The fraction of sp³-hybridized carbons (Fsp3) is 0.235. The SMILES string of the molecule is O=C1N[C@@H](c2ccccc2)[C@@H](C(=O)c2cccnc2)[C@](O)(C(F)(F)F)N1. The number of carbonyl (C=O) groups is 2. The van der Waals surface area contributed by atoms with Crippen LogP contribution in [0, 0.1) is 5.92 Å². The van der Waals surface area contributed by atoms with E-state index >= 15 is 0 Å². The van der Waals surface area contributed by atoms with Crippen molar-refractivity contribution in [3.05, 3.63) is 66.0 Å². The van der Waals surface area contributed by atoms with Crippen molar-refractivity contribution in [3.8, 4) is 0 Å². The van der Waals surface area contributed by atoms with Crippen molar-refractivity contribution in [1.29, 1.82) is 0 Å². The van der Waals surface area contributed by atoms with E-state index in [2.05, 4.69) is 10.3 Å². The first-order chi connectivity index (χ1) is 12.2. The van der Waals surface area contributed by atoms with Gasteiger partial charge < -0.3 is 15.7 Å². The number of aromatic nitrogens is 1. The molecule has 2 aromatic rings. The number of aliphatic hydroxyl groups is 1. The highest BCUT2D eigenvalue weighted by Crippen LogP contribution is 2.43. The molecule has 0 spiro atoms. The van der Waals surface area contributed by atoms with Crippen molar-refractivity contribution in [2.75, 3.05) is 0 Å². The van der Waals surface area contributed by atoms with Gasteiger partial charge in [-0.2, -0.15) is 13.2 Å². The van der Waals surface area contributed by atoms with Crippen LogP contribution in [0.1, 0.15) is 22.0 Å². The largest absolute Gasteiger partial charge is 0.437 e. The Morgan fingerprint density at radius 3 is 2.42 bits per heavy atom. The van der Waals surface area contributed by atoms with Crippen LogP contribution in [0.15, 0.2) is 54.9 Å². The zero-order chi connectivity index (χ0) is 18.9. The number of hydrogen-bond acceptors (Lipinski definition) is 4. The van der Waals surface area contributed by atoms with Crippen LogP contribution in [-0.4, -0.2) is 33.8 Å². The Hall–Kier alpha value is -2.94. The Morgan fingerprint density at radius 1 is 1.15 bits per heavy atom. The Balaban J connectivity index is 2.15. The molecule has 1 fully saturated rings. The standard InChI is InChI=1S/C17H14F3N3O3/c18-17(19,20)16(26)12(14(24)11-7-4-8-21-9-11)13(22-15(25)23-16)10-5-2-1-3-6-10/h1-9,12-13,26H,(H2,22,23,25)/t12-,13-,16-/m0/s1. The van der Waals surface area contributed by atoms with Gasteiger partial charge in [-0.15, -0.1) is 0 Å². The van der Waals surface area contributed by atoms with E-state index in [4.69, 9.17) is 0 Å². The third kappa shape index (κ3) is 3.01. The van der Waals surface area contributed by atoms with E-state index in [0.717, 1.165) is 6.20 Å². The van der Waals surface area contributed by atoms with Gasteiger partial charge in [-0.1, -0.05) is 30.3 Å². The van der Waals surface area contributed by atoms with Crippen molar-refractivity contribution in [1.82, 2.24) is 15.6 Å². The molecule has 9 heteroatoms. The molecule has 0 saturated carbocycles. The number of urea groups is 1. The van der Waals surface area contributed by atoms with Crippen LogP contribution < -0.4 is 10.6 Å². The van der Waals surface area contributed by atoms with E-state index in [0.29, 0.717) is 0 Å². The van der Waals surface area contributed by atoms with Gasteiger partial charge in [-0.3, -0.25) is 9.78 Å². The van der Waals surface area contributed by atoms with E-state index in [1.807, 2.05) is 0 Å². The van der Waals surface area contributed by atoms with Crippen LogP contribution in [0.3, 0.4) is 0 Å². The number of nitrogens with one attached hydrogen (secondary N) is 2. The first-order valence-electron chi connectivity index (χ1n) is 7.61. The second-order valence-corrected chi connectivity index (χ2v) is 5.83. The molecule has 1 aliphatic rings. The Morgan fingerprint density at radius 2 is 1.85 bits per heavy atom. The molecule has 1 aromatic heterocycles. The summed E-state index contributed by atoms with van der Waals surface area (Å²) in [5, 5.41) is 14.1. The minimum Gasteiger partial charge on any atom is -0.363 e. The highest BCUT2D eigenvalue weighted by Gasteiger charge is 2.66. The van der Waals surface area contributed by atoms with Gasteiger partial charge in [0.15, 0.2) is 5.78 Å². The molecule has 3 atom stereocenters. The van der Waals surface area contributed by atoms with Crippen molar-refractivity contribution in [2.45, 2.75) is 17.9 Å². The maximum atomic E-state index is 13.7. The molecule has 0 unspecified atom stereocenters.